The van der Waals surface area contributed by atoms with Crippen molar-refractivity contribution < 1.29 is 18.1 Å². The molecule has 0 heterocycles. The lowest BCUT2D eigenvalue weighted by atomic mass is 10.2. The minimum Gasteiger partial charge on any atom is -0.280 e. The summed E-state index contributed by atoms with van der Waals surface area (Å²) in [6, 6.07) is 17.3. The third-order valence-corrected chi connectivity index (χ3v) is 5.64. The largest absolute Gasteiger partial charge is 0.280 e. The molecule has 0 spiro atoms. The van der Waals surface area contributed by atoms with Gasteiger partial charge in [-0.05, 0) is 48.5 Å². The van der Waals surface area contributed by atoms with Crippen molar-refractivity contribution in [1.29, 1.82) is 0 Å². The molecule has 0 radical (unpaired) electrons. The summed E-state index contributed by atoms with van der Waals surface area (Å²) in [4.78, 5) is 22.7. The van der Waals surface area contributed by atoms with E-state index in [2.05, 4.69) is 15.2 Å². The first-order valence-corrected chi connectivity index (χ1v) is 10.6. The van der Waals surface area contributed by atoms with E-state index < -0.39 is 20.9 Å². The van der Waals surface area contributed by atoms with Gasteiger partial charge in [-0.15, -0.1) is 0 Å². The van der Waals surface area contributed by atoms with Crippen LogP contribution in [0.4, 0.5) is 11.4 Å². The minimum atomic E-state index is -3.95. The van der Waals surface area contributed by atoms with Crippen LogP contribution < -0.4 is 10.1 Å². The highest BCUT2D eigenvalue weighted by atomic mass is 35.5. The van der Waals surface area contributed by atoms with Crippen LogP contribution in [0, 0.1) is 10.1 Å². The number of hydrogen-bond acceptors (Lipinski definition) is 6. The first-order chi connectivity index (χ1) is 14.8. The Morgan fingerprint density at radius 2 is 1.74 bits per heavy atom. The second-order valence-electron chi connectivity index (χ2n) is 6.16. The maximum absolute atomic E-state index is 12.6. The van der Waals surface area contributed by atoms with E-state index in [1.165, 1.54) is 54.6 Å². The molecule has 0 unspecified atom stereocenters. The molecule has 0 aromatic heterocycles. The number of sulfonamides is 1. The number of nitro groups is 1. The summed E-state index contributed by atoms with van der Waals surface area (Å²) in [6.07, 6.45) is 1.14. The Labute approximate surface area is 182 Å². The third kappa shape index (κ3) is 5.65. The Bertz CT molecular complexity index is 1260. The van der Waals surface area contributed by atoms with Gasteiger partial charge in [-0.1, -0.05) is 29.8 Å². The van der Waals surface area contributed by atoms with E-state index in [1.54, 1.807) is 18.2 Å². The average molecular weight is 459 g/mol. The molecular formula is C20H15ClN4O5S. The van der Waals surface area contributed by atoms with Crippen LogP contribution in [0.15, 0.2) is 82.8 Å². The maximum atomic E-state index is 12.6. The van der Waals surface area contributed by atoms with Crippen molar-refractivity contribution in [3.63, 3.8) is 0 Å². The molecule has 0 saturated heterocycles. The van der Waals surface area contributed by atoms with Gasteiger partial charge in [-0.2, -0.15) is 5.10 Å². The standard InChI is InChI=1S/C20H15ClN4O5S/c21-16-8-10-17(11-9-16)24-31(29,30)18-6-3-5-14(12-18)20(26)23-22-13-15-4-1-2-7-19(15)25(27)28/h1-13,24H,(H,23,26). The second-order valence-corrected chi connectivity index (χ2v) is 8.27. The molecule has 3 aromatic rings. The predicted molar refractivity (Wildman–Crippen MR) is 117 cm³/mol. The van der Waals surface area contributed by atoms with Crippen LogP contribution in [0.2, 0.25) is 5.02 Å². The van der Waals surface area contributed by atoms with Crippen LogP contribution in [-0.4, -0.2) is 25.5 Å². The summed E-state index contributed by atoms with van der Waals surface area (Å²) >= 11 is 5.79. The van der Waals surface area contributed by atoms with Crippen molar-refractivity contribution in [2.75, 3.05) is 4.72 Å². The van der Waals surface area contributed by atoms with Crippen molar-refractivity contribution >= 4 is 45.1 Å². The molecule has 0 fully saturated rings. The van der Waals surface area contributed by atoms with Gasteiger partial charge in [0.15, 0.2) is 0 Å². The Hall–Kier alpha value is -3.76. The van der Waals surface area contributed by atoms with Gasteiger partial charge in [0.2, 0.25) is 0 Å². The Balaban J connectivity index is 1.74. The lowest BCUT2D eigenvalue weighted by molar-refractivity contribution is -0.385. The van der Waals surface area contributed by atoms with E-state index in [4.69, 9.17) is 11.6 Å². The van der Waals surface area contributed by atoms with Crippen LogP contribution in [0.1, 0.15) is 15.9 Å². The van der Waals surface area contributed by atoms with Crippen LogP contribution in [0.25, 0.3) is 0 Å². The Morgan fingerprint density at radius 1 is 1.03 bits per heavy atom. The summed E-state index contributed by atoms with van der Waals surface area (Å²) in [6.45, 7) is 0. The average Bonchev–Trinajstić information content (AvgIpc) is 2.75. The number of nitrogens with zero attached hydrogens (tertiary/aromatic N) is 2. The number of para-hydroxylation sites is 1. The summed E-state index contributed by atoms with van der Waals surface area (Å²) in [5, 5.41) is 15.2. The monoisotopic (exact) mass is 458 g/mol. The molecule has 0 aliphatic rings. The van der Waals surface area contributed by atoms with Gasteiger partial charge < -0.3 is 0 Å². The molecule has 3 aromatic carbocycles. The highest BCUT2D eigenvalue weighted by Gasteiger charge is 2.17. The molecular weight excluding hydrogens is 444 g/mol. The van der Waals surface area contributed by atoms with E-state index in [-0.39, 0.29) is 21.7 Å². The number of amides is 1. The zero-order valence-electron chi connectivity index (χ0n) is 15.7. The van der Waals surface area contributed by atoms with Crippen molar-refractivity contribution in [3.8, 4) is 0 Å². The summed E-state index contributed by atoms with van der Waals surface area (Å²) in [7, 11) is -3.95. The molecule has 2 N–H and O–H groups in total. The number of halogens is 1. The van der Waals surface area contributed by atoms with Crippen LogP contribution in [0.5, 0.6) is 0 Å². The van der Waals surface area contributed by atoms with Crippen LogP contribution in [-0.2, 0) is 10.0 Å². The zero-order valence-corrected chi connectivity index (χ0v) is 17.3. The molecule has 0 aliphatic heterocycles. The van der Waals surface area contributed by atoms with Crippen molar-refractivity contribution in [2.24, 2.45) is 5.10 Å². The summed E-state index contributed by atoms with van der Waals surface area (Å²) in [5.74, 6) is -0.682. The highest BCUT2D eigenvalue weighted by Crippen LogP contribution is 2.19. The number of anilines is 1. The van der Waals surface area contributed by atoms with Crippen LogP contribution >= 0.6 is 11.6 Å². The summed E-state index contributed by atoms with van der Waals surface area (Å²) in [5.41, 5.74) is 2.62. The van der Waals surface area contributed by atoms with Crippen molar-refractivity contribution in [3.05, 3.63) is 99.1 Å². The van der Waals surface area contributed by atoms with Gasteiger partial charge in [0.25, 0.3) is 21.6 Å². The van der Waals surface area contributed by atoms with E-state index in [0.717, 1.165) is 6.21 Å². The molecule has 0 saturated carbocycles. The molecule has 11 heteroatoms. The SMILES string of the molecule is O=C(NN=Cc1ccccc1[N+](=O)[O-])c1cccc(S(=O)(=O)Nc2ccc(Cl)cc2)c1. The molecule has 31 heavy (non-hydrogen) atoms. The molecule has 158 valence electrons. The number of hydrazone groups is 1. The van der Waals surface area contributed by atoms with Gasteiger partial charge in [-0.25, -0.2) is 13.8 Å². The fraction of sp³-hybridized carbons (Fsp3) is 0. The molecule has 0 atom stereocenters. The van der Waals surface area contributed by atoms with E-state index >= 15 is 0 Å². The van der Waals surface area contributed by atoms with Gasteiger partial charge in [0, 0.05) is 22.3 Å². The fourth-order valence-electron chi connectivity index (χ4n) is 2.52. The first-order valence-electron chi connectivity index (χ1n) is 8.71. The Morgan fingerprint density at radius 3 is 2.45 bits per heavy atom. The van der Waals surface area contributed by atoms with Crippen LogP contribution in [0.3, 0.4) is 0 Å². The van der Waals surface area contributed by atoms with Gasteiger partial charge in [0.1, 0.15) is 0 Å². The lowest BCUT2D eigenvalue weighted by Crippen LogP contribution is -2.19. The topological polar surface area (TPSA) is 131 Å². The highest BCUT2D eigenvalue weighted by molar-refractivity contribution is 7.92. The maximum Gasteiger partial charge on any atom is 0.278 e. The van der Waals surface area contributed by atoms with E-state index in [0.29, 0.717) is 10.7 Å². The number of carbonyl (C=O) groups is 1. The number of carbonyl (C=O) groups excluding carboxylic acids is 1. The quantitative estimate of drug-likeness (QED) is 0.315. The lowest BCUT2D eigenvalue weighted by Gasteiger charge is -2.09. The molecule has 1 amide bonds. The third-order valence-electron chi connectivity index (χ3n) is 4.01. The molecule has 0 bridgehead atoms. The number of hydrogen-bond donors (Lipinski definition) is 2. The molecule has 9 nitrogen and oxygen atoms in total. The summed E-state index contributed by atoms with van der Waals surface area (Å²) < 4.78 is 27.6. The zero-order chi connectivity index (χ0) is 22.4. The number of rotatable bonds is 7. The molecule has 3 rings (SSSR count). The van der Waals surface area contributed by atoms with Gasteiger partial charge >= 0.3 is 0 Å². The fourth-order valence-corrected chi connectivity index (χ4v) is 3.75. The number of benzene rings is 3. The normalized spacial score (nSPS) is 11.3. The van der Waals surface area contributed by atoms with E-state index in [9.17, 15) is 23.3 Å². The van der Waals surface area contributed by atoms with E-state index in [1.807, 2.05) is 0 Å². The Kier molecular flexibility index (Phi) is 6.63. The second kappa shape index (κ2) is 9.37. The van der Waals surface area contributed by atoms with Crippen molar-refractivity contribution in [2.45, 2.75) is 4.90 Å². The molecule has 0 aliphatic carbocycles. The van der Waals surface area contributed by atoms with Gasteiger partial charge in [-0.3, -0.25) is 19.6 Å². The smallest absolute Gasteiger partial charge is 0.278 e. The first kappa shape index (κ1) is 21.9. The van der Waals surface area contributed by atoms with Crippen molar-refractivity contribution in [1.82, 2.24) is 5.43 Å². The predicted octanol–water partition coefficient (Wildman–Crippen LogP) is 3.81. The number of nitro benzene ring substituents is 1. The number of nitrogens with one attached hydrogen (secondary N) is 2. The van der Waals surface area contributed by atoms with Gasteiger partial charge in [0.05, 0.1) is 21.6 Å². The minimum absolute atomic E-state index is 0.0405.